The SMILES string of the molecule is COc1ccc(C2O[C@H](C3CCCCC3)C([N+](=O)[O-])[C@@H](C3CCCCC3)O2)cc1. The first-order valence-corrected chi connectivity index (χ1v) is 11.3. The zero-order valence-corrected chi connectivity index (χ0v) is 17.3. The van der Waals surface area contributed by atoms with Crippen molar-refractivity contribution in [2.24, 2.45) is 11.8 Å². The average molecular weight is 404 g/mol. The summed E-state index contributed by atoms with van der Waals surface area (Å²) in [6.07, 6.45) is 9.75. The maximum absolute atomic E-state index is 12.2. The number of rotatable bonds is 5. The minimum Gasteiger partial charge on any atom is -0.497 e. The Kier molecular flexibility index (Phi) is 6.70. The standard InChI is InChI=1S/C23H33NO5/c1-27-19-14-12-18(13-15-19)23-28-21(16-8-4-2-5-9-16)20(24(25)26)22(29-23)17-10-6-3-7-11-17/h12-17,20-23H,2-11H2,1H3/t20?,21-,22-,23?/m1/s1. The molecular formula is C23H33NO5. The van der Waals surface area contributed by atoms with Crippen LogP contribution < -0.4 is 4.74 Å². The number of nitrogens with zero attached hydrogens (tertiary/aromatic N) is 1. The summed E-state index contributed by atoms with van der Waals surface area (Å²) in [6.45, 7) is 0. The molecule has 3 fully saturated rings. The van der Waals surface area contributed by atoms with Gasteiger partial charge in [0.25, 0.3) is 6.04 Å². The minimum absolute atomic E-state index is 0.108. The van der Waals surface area contributed by atoms with E-state index in [2.05, 4.69) is 0 Å². The number of hydrogen-bond donors (Lipinski definition) is 0. The van der Waals surface area contributed by atoms with Crippen LogP contribution in [0.1, 0.15) is 76.1 Å². The van der Waals surface area contributed by atoms with Gasteiger partial charge in [-0.2, -0.15) is 0 Å². The molecule has 4 rings (SSSR count). The highest BCUT2D eigenvalue weighted by atomic mass is 16.7. The van der Waals surface area contributed by atoms with Gasteiger partial charge in [0, 0.05) is 10.5 Å². The summed E-state index contributed by atoms with van der Waals surface area (Å²) >= 11 is 0. The molecule has 2 aliphatic carbocycles. The van der Waals surface area contributed by atoms with Crippen molar-refractivity contribution in [3.63, 3.8) is 0 Å². The summed E-state index contributed by atoms with van der Waals surface area (Å²) < 4.78 is 18.0. The third-order valence-electron chi connectivity index (χ3n) is 7.09. The van der Waals surface area contributed by atoms with Gasteiger partial charge in [-0.05, 0) is 49.7 Å². The summed E-state index contributed by atoms with van der Waals surface area (Å²) in [7, 11) is 1.64. The van der Waals surface area contributed by atoms with E-state index in [0.29, 0.717) is 0 Å². The summed E-state index contributed by atoms with van der Waals surface area (Å²) in [6, 6.07) is 6.92. The van der Waals surface area contributed by atoms with Crippen LogP contribution in [0, 0.1) is 22.0 Å². The molecule has 1 aromatic rings. The summed E-state index contributed by atoms with van der Waals surface area (Å²) in [5.41, 5.74) is 0.911. The molecule has 1 aliphatic heterocycles. The lowest BCUT2D eigenvalue weighted by Crippen LogP contribution is -2.57. The second kappa shape index (κ2) is 9.43. The van der Waals surface area contributed by atoms with E-state index in [1.165, 1.54) is 12.8 Å². The molecule has 6 heteroatoms. The molecule has 0 amide bonds. The minimum atomic E-state index is -0.768. The van der Waals surface area contributed by atoms with Crippen molar-refractivity contribution in [2.75, 3.05) is 7.11 Å². The Morgan fingerprint density at radius 1 is 0.862 bits per heavy atom. The van der Waals surface area contributed by atoms with Crippen LogP contribution in [0.2, 0.25) is 0 Å². The van der Waals surface area contributed by atoms with E-state index in [4.69, 9.17) is 14.2 Å². The Labute approximate surface area is 173 Å². The van der Waals surface area contributed by atoms with E-state index < -0.39 is 12.3 Å². The first kappa shape index (κ1) is 20.6. The summed E-state index contributed by atoms with van der Waals surface area (Å²) in [4.78, 5) is 12.1. The first-order chi connectivity index (χ1) is 14.2. The lowest BCUT2D eigenvalue weighted by Gasteiger charge is -2.44. The Bertz CT molecular complexity index is 638. The topological polar surface area (TPSA) is 70.8 Å². The van der Waals surface area contributed by atoms with Crippen LogP contribution in [-0.4, -0.2) is 30.3 Å². The van der Waals surface area contributed by atoms with E-state index >= 15 is 0 Å². The van der Waals surface area contributed by atoms with Crippen molar-refractivity contribution in [3.05, 3.63) is 39.9 Å². The molecule has 0 N–H and O–H groups in total. The van der Waals surface area contributed by atoms with Gasteiger partial charge in [0.2, 0.25) is 0 Å². The lowest BCUT2D eigenvalue weighted by molar-refractivity contribution is -0.572. The van der Waals surface area contributed by atoms with Crippen molar-refractivity contribution in [3.8, 4) is 5.75 Å². The zero-order chi connectivity index (χ0) is 20.2. The molecule has 160 valence electrons. The average Bonchev–Trinajstić information content (AvgIpc) is 2.79. The Morgan fingerprint density at radius 3 is 1.76 bits per heavy atom. The molecule has 0 radical (unpaired) electrons. The van der Waals surface area contributed by atoms with E-state index in [-0.39, 0.29) is 29.0 Å². The van der Waals surface area contributed by atoms with E-state index in [1.807, 2.05) is 24.3 Å². The molecule has 1 saturated heterocycles. The van der Waals surface area contributed by atoms with Gasteiger partial charge in [0.15, 0.2) is 6.29 Å². The number of benzene rings is 1. The number of nitro groups is 1. The van der Waals surface area contributed by atoms with Crippen LogP contribution in [0.25, 0.3) is 0 Å². The van der Waals surface area contributed by atoms with Gasteiger partial charge in [-0.3, -0.25) is 10.1 Å². The maximum Gasteiger partial charge on any atom is 0.265 e. The van der Waals surface area contributed by atoms with Crippen molar-refractivity contribution >= 4 is 0 Å². The zero-order valence-electron chi connectivity index (χ0n) is 17.3. The van der Waals surface area contributed by atoms with Gasteiger partial charge in [-0.15, -0.1) is 0 Å². The molecule has 6 nitrogen and oxygen atoms in total. The van der Waals surface area contributed by atoms with E-state index in [1.54, 1.807) is 7.11 Å². The molecule has 0 unspecified atom stereocenters. The predicted octanol–water partition coefficient (Wildman–Crippen LogP) is 5.28. The molecule has 0 spiro atoms. The molecular weight excluding hydrogens is 370 g/mol. The number of ether oxygens (including phenoxy) is 3. The molecule has 0 bridgehead atoms. The highest BCUT2D eigenvalue weighted by Gasteiger charge is 2.53. The molecule has 1 aromatic carbocycles. The van der Waals surface area contributed by atoms with Crippen molar-refractivity contribution in [2.45, 2.75) is 88.7 Å². The van der Waals surface area contributed by atoms with Gasteiger partial charge < -0.3 is 14.2 Å². The second-order valence-electron chi connectivity index (χ2n) is 8.88. The van der Waals surface area contributed by atoms with Crippen LogP contribution in [-0.2, 0) is 9.47 Å². The van der Waals surface area contributed by atoms with Crippen molar-refractivity contribution < 1.29 is 19.1 Å². The van der Waals surface area contributed by atoms with Crippen LogP contribution in [0.4, 0.5) is 0 Å². The van der Waals surface area contributed by atoms with Gasteiger partial charge in [0.1, 0.15) is 18.0 Å². The second-order valence-corrected chi connectivity index (χ2v) is 8.88. The fourth-order valence-electron chi connectivity index (χ4n) is 5.53. The normalized spacial score (nSPS) is 32.0. The highest BCUT2D eigenvalue weighted by Crippen LogP contribution is 2.43. The van der Waals surface area contributed by atoms with Crippen molar-refractivity contribution in [1.29, 1.82) is 0 Å². The van der Waals surface area contributed by atoms with Crippen LogP contribution in [0.5, 0.6) is 5.75 Å². The largest absolute Gasteiger partial charge is 0.497 e. The third kappa shape index (κ3) is 4.58. The summed E-state index contributed by atoms with van der Waals surface area (Å²) in [5.74, 6) is 1.27. The number of methoxy groups -OCH3 is 1. The number of hydrogen-bond acceptors (Lipinski definition) is 5. The smallest absolute Gasteiger partial charge is 0.265 e. The third-order valence-corrected chi connectivity index (χ3v) is 7.09. The molecule has 2 saturated carbocycles. The molecule has 1 heterocycles. The Morgan fingerprint density at radius 2 is 1.34 bits per heavy atom. The van der Waals surface area contributed by atoms with Gasteiger partial charge in [-0.1, -0.05) is 50.7 Å². The molecule has 3 aliphatic rings. The maximum atomic E-state index is 12.2. The summed E-state index contributed by atoms with van der Waals surface area (Å²) in [5, 5.41) is 12.2. The van der Waals surface area contributed by atoms with Crippen LogP contribution >= 0.6 is 0 Å². The predicted molar refractivity (Wildman–Crippen MR) is 109 cm³/mol. The molecule has 29 heavy (non-hydrogen) atoms. The fraction of sp³-hybridized carbons (Fsp3) is 0.739. The lowest BCUT2D eigenvalue weighted by atomic mass is 9.76. The Hall–Kier alpha value is -1.66. The monoisotopic (exact) mass is 403 g/mol. The highest BCUT2D eigenvalue weighted by molar-refractivity contribution is 5.28. The Balaban J connectivity index is 1.63. The quantitative estimate of drug-likeness (QED) is 0.494. The molecule has 0 aromatic heterocycles. The van der Waals surface area contributed by atoms with Gasteiger partial charge >= 0.3 is 0 Å². The van der Waals surface area contributed by atoms with Gasteiger partial charge in [0.05, 0.1) is 7.11 Å². The first-order valence-electron chi connectivity index (χ1n) is 11.3. The van der Waals surface area contributed by atoms with Crippen molar-refractivity contribution in [1.82, 2.24) is 0 Å². The van der Waals surface area contributed by atoms with Gasteiger partial charge in [-0.25, -0.2) is 0 Å². The van der Waals surface area contributed by atoms with E-state index in [9.17, 15) is 10.1 Å². The molecule has 2 atom stereocenters. The van der Waals surface area contributed by atoms with E-state index in [0.717, 1.165) is 62.7 Å². The van der Waals surface area contributed by atoms with Crippen LogP contribution in [0.15, 0.2) is 24.3 Å². The van der Waals surface area contributed by atoms with Crippen LogP contribution in [0.3, 0.4) is 0 Å². The fourth-order valence-corrected chi connectivity index (χ4v) is 5.53.